The summed E-state index contributed by atoms with van der Waals surface area (Å²) in [4.78, 5) is 42.4. The number of phenolic OH excluding ortho intramolecular Hbond substituents is 2. The Kier molecular flexibility index (Phi) is 8.84. The number of likely N-dealkylation sites (tertiary alicyclic amines) is 1. The van der Waals surface area contributed by atoms with Crippen LogP contribution >= 0.6 is 12.4 Å². The van der Waals surface area contributed by atoms with Gasteiger partial charge in [-0.1, -0.05) is 18.6 Å². The molecule has 0 amide bonds. The molecule has 2 heterocycles. The van der Waals surface area contributed by atoms with Gasteiger partial charge >= 0.3 is 0 Å². The zero-order chi connectivity index (χ0) is 30.8. The van der Waals surface area contributed by atoms with Gasteiger partial charge in [0.15, 0.2) is 17.9 Å². The van der Waals surface area contributed by atoms with Crippen molar-refractivity contribution < 1.29 is 49.0 Å². The highest BCUT2D eigenvalue weighted by Crippen LogP contribution is 2.52. The molecule has 2 fully saturated rings. The number of hydrogen-bond donors (Lipinski definition) is 4. The molecule has 2 aliphatic carbocycles. The van der Waals surface area contributed by atoms with Crippen LogP contribution in [0, 0.1) is 0 Å². The number of carbonyl (C=O) groups excluding carboxylic acids is 3. The van der Waals surface area contributed by atoms with Crippen LogP contribution in [0.4, 0.5) is 0 Å². The van der Waals surface area contributed by atoms with E-state index in [0.717, 1.165) is 32.4 Å². The summed E-state index contributed by atoms with van der Waals surface area (Å²) in [6.07, 6.45) is -0.660. The number of rotatable bonds is 5. The standard InChI is InChI=1S/C32H37NO10.ClH/c1-15-27(35)19(33-10-5-4-6-11-33)12-22(42-15)43-21-14-32(40,16(2)34)13-18-24(21)31(39)26-25(29(18)37)28(36)17-8-7-9-20(41-3)23(17)30(26)38;/h7-9,15,19,21-22,27,35,37,39-40H,4-6,10-14H2,1-3H3;1H/t15?,19?,21-,22?,27?,32-;/m0./s1. The summed E-state index contributed by atoms with van der Waals surface area (Å²) in [6.45, 7) is 4.63. The highest BCUT2D eigenvalue weighted by atomic mass is 35.5. The SMILES string of the molecule is COc1cccc2c1C(=O)c1c(O)c3c(c(O)c1C2=O)C[C@@](O)(C(C)=O)C[C@@H]3OC1CC(N2CCCCC2)C(O)C(C)O1.Cl. The number of aliphatic hydroxyl groups is 2. The summed E-state index contributed by atoms with van der Waals surface area (Å²) in [5.41, 5.74) is -2.83. The number of Topliss-reactive ketones (excluding diaryl/α,β-unsaturated/α-hetero) is 1. The fraction of sp³-hybridized carbons (Fsp3) is 0.531. The number of benzene rings is 2. The quantitative estimate of drug-likeness (QED) is 0.306. The molecule has 2 aromatic rings. The first kappa shape index (κ1) is 32.3. The normalized spacial score (nSPS) is 30.1. The second kappa shape index (κ2) is 12.0. The van der Waals surface area contributed by atoms with E-state index in [1.54, 1.807) is 13.0 Å². The molecule has 4 unspecified atom stereocenters. The van der Waals surface area contributed by atoms with Gasteiger partial charge in [0.1, 0.15) is 22.8 Å². The summed E-state index contributed by atoms with van der Waals surface area (Å²) in [7, 11) is 1.36. The van der Waals surface area contributed by atoms with E-state index in [1.807, 2.05) is 0 Å². The van der Waals surface area contributed by atoms with Gasteiger partial charge in [-0.2, -0.15) is 0 Å². The Labute approximate surface area is 261 Å². The number of phenols is 2. The molecule has 4 N–H and O–H groups in total. The molecule has 0 radical (unpaired) electrons. The van der Waals surface area contributed by atoms with E-state index in [4.69, 9.17) is 14.2 Å². The minimum absolute atomic E-state index is 0. The van der Waals surface area contributed by atoms with E-state index >= 15 is 0 Å². The average molecular weight is 632 g/mol. The Morgan fingerprint density at radius 3 is 2.39 bits per heavy atom. The summed E-state index contributed by atoms with van der Waals surface area (Å²) in [5.74, 6) is -3.01. The molecule has 6 rings (SSSR count). The van der Waals surface area contributed by atoms with E-state index in [2.05, 4.69) is 4.90 Å². The van der Waals surface area contributed by atoms with Crippen molar-refractivity contribution in [2.45, 2.75) is 88.6 Å². The average Bonchev–Trinajstić information content (AvgIpc) is 2.99. The van der Waals surface area contributed by atoms with Crippen LogP contribution in [-0.4, -0.2) is 93.0 Å². The molecule has 0 spiro atoms. The number of piperidine rings is 1. The maximum absolute atomic E-state index is 13.8. The van der Waals surface area contributed by atoms with Crippen LogP contribution in [0.15, 0.2) is 18.2 Å². The number of ketones is 3. The highest BCUT2D eigenvalue weighted by molar-refractivity contribution is 6.31. The number of halogens is 1. The van der Waals surface area contributed by atoms with Gasteiger partial charge < -0.3 is 34.6 Å². The van der Waals surface area contributed by atoms with Gasteiger partial charge in [0.05, 0.1) is 42.1 Å². The maximum atomic E-state index is 13.8. The Hall–Kier alpha value is -3.06. The van der Waals surface area contributed by atoms with Crippen LogP contribution in [0.3, 0.4) is 0 Å². The summed E-state index contributed by atoms with van der Waals surface area (Å²) in [6, 6.07) is 4.25. The lowest BCUT2D eigenvalue weighted by atomic mass is 9.72. The van der Waals surface area contributed by atoms with Crippen molar-refractivity contribution in [1.82, 2.24) is 4.90 Å². The van der Waals surface area contributed by atoms with E-state index in [-0.39, 0.29) is 64.9 Å². The van der Waals surface area contributed by atoms with Crippen LogP contribution < -0.4 is 4.74 Å². The Balaban J connectivity index is 0.00000384. The third kappa shape index (κ3) is 5.09. The van der Waals surface area contributed by atoms with E-state index in [1.165, 1.54) is 26.2 Å². The van der Waals surface area contributed by atoms with Crippen LogP contribution in [-0.2, 0) is 20.7 Å². The van der Waals surface area contributed by atoms with Gasteiger partial charge in [0.2, 0.25) is 5.78 Å². The molecule has 2 aliphatic heterocycles. The molecule has 0 saturated carbocycles. The molecule has 0 bridgehead atoms. The monoisotopic (exact) mass is 631 g/mol. The summed E-state index contributed by atoms with van der Waals surface area (Å²) < 4.78 is 17.7. The molecule has 2 aromatic carbocycles. The van der Waals surface area contributed by atoms with Crippen molar-refractivity contribution in [3.05, 3.63) is 51.6 Å². The molecule has 4 aliphatic rings. The van der Waals surface area contributed by atoms with Crippen molar-refractivity contribution in [1.29, 1.82) is 0 Å². The zero-order valence-corrected chi connectivity index (χ0v) is 25.7. The van der Waals surface area contributed by atoms with Gasteiger partial charge in [-0.15, -0.1) is 12.4 Å². The Morgan fingerprint density at radius 1 is 1.05 bits per heavy atom. The minimum atomic E-state index is -1.98. The maximum Gasteiger partial charge on any atom is 0.202 e. The summed E-state index contributed by atoms with van der Waals surface area (Å²) >= 11 is 0. The molecule has 11 nitrogen and oxygen atoms in total. The van der Waals surface area contributed by atoms with Crippen LogP contribution in [0.5, 0.6) is 17.2 Å². The molecule has 12 heteroatoms. The number of fused-ring (bicyclic) bond motifs is 3. The molecule has 6 atom stereocenters. The van der Waals surface area contributed by atoms with Crippen LogP contribution in [0.1, 0.15) is 95.0 Å². The Bertz CT molecular complexity index is 1500. The lowest BCUT2D eigenvalue weighted by Crippen LogP contribution is -2.56. The lowest BCUT2D eigenvalue weighted by molar-refractivity contribution is -0.259. The molecule has 0 aromatic heterocycles. The smallest absolute Gasteiger partial charge is 0.202 e. The van der Waals surface area contributed by atoms with Crippen molar-refractivity contribution in [3.8, 4) is 17.2 Å². The molecular weight excluding hydrogens is 594 g/mol. The first-order valence-corrected chi connectivity index (χ1v) is 14.8. The van der Waals surface area contributed by atoms with Crippen molar-refractivity contribution in [2.75, 3.05) is 20.2 Å². The minimum Gasteiger partial charge on any atom is -0.507 e. The van der Waals surface area contributed by atoms with Crippen molar-refractivity contribution in [2.24, 2.45) is 0 Å². The number of aromatic hydroxyl groups is 2. The van der Waals surface area contributed by atoms with Crippen LogP contribution in [0.2, 0.25) is 0 Å². The Morgan fingerprint density at radius 2 is 1.73 bits per heavy atom. The first-order valence-electron chi connectivity index (χ1n) is 14.8. The molecule has 2 saturated heterocycles. The topological polar surface area (TPSA) is 163 Å². The molecular formula is C32H38ClNO10. The summed E-state index contributed by atoms with van der Waals surface area (Å²) in [5, 5.41) is 45.6. The number of ether oxygens (including phenoxy) is 3. The van der Waals surface area contributed by atoms with E-state index < -0.39 is 71.0 Å². The first-order chi connectivity index (χ1) is 20.5. The fourth-order valence-corrected chi connectivity index (χ4v) is 7.21. The largest absolute Gasteiger partial charge is 0.507 e. The number of hydrogen-bond acceptors (Lipinski definition) is 11. The fourth-order valence-electron chi connectivity index (χ4n) is 7.21. The third-order valence-corrected chi connectivity index (χ3v) is 9.58. The van der Waals surface area contributed by atoms with E-state index in [0.29, 0.717) is 0 Å². The number of carbonyl (C=O) groups is 3. The van der Waals surface area contributed by atoms with Gasteiger partial charge in [-0.05, 0) is 45.8 Å². The van der Waals surface area contributed by atoms with Gasteiger partial charge in [-0.3, -0.25) is 19.3 Å². The van der Waals surface area contributed by atoms with Crippen molar-refractivity contribution >= 4 is 29.8 Å². The number of methoxy groups -OCH3 is 1. The lowest BCUT2D eigenvalue weighted by Gasteiger charge is -2.46. The number of nitrogens with zero attached hydrogens (tertiary/aromatic N) is 1. The predicted molar refractivity (Wildman–Crippen MR) is 159 cm³/mol. The molecule has 238 valence electrons. The number of aliphatic hydroxyl groups excluding tert-OH is 1. The highest BCUT2D eigenvalue weighted by Gasteiger charge is 2.50. The zero-order valence-electron chi connectivity index (χ0n) is 24.9. The molecule has 44 heavy (non-hydrogen) atoms. The van der Waals surface area contributed by atoms with Crippen LogP contribution in [0.25, 0.3) is 0 Å². The van der Waals surface area contributed by atoms with E-state index in [9.17, 15) is 34.8 Å². The second-order valence-electron chi connectivity index (χ2n) is 12.1. The third-order valence-electron chi connectivity index (χ3n) is 9.58. The predicted octanol–water partition coefficient (Wildman–Crippen LogP) is 2.98. The van der Waals surface area contributed by atoms with Gasteiger partial charge in [0.25, 0.3) is 0 Å². The van der Waals surface area contributed by atoms with Gasteiger partial charge in [0, 0.05) is 42.0 Å². The van der Waals surface area contributed by atoms with Crippen molar-refractivity contribution in [3.63, 3.8) is 0 Å². The second-order valence-corrected chi connectivity index (χ2v) is 12.1. The van der Waals surface area contributed by atoms with Gasteiger partial charge in [-0.25, -0.2) is 0 Å².